The zero-order chi connectivity index (χ0) is 30.9. The standard InChI is InChI=1S/C24H22ClF3N6O6S2/c25-17-7-5-14(9-18(17)29)19-10-23(40-34-19,12-32-41(36,37)13-24(26,27)28)22(35)33-21-8-6-15(11-31-21)16-3-1-2-4-20(16)42(30,38)39/h1-9,11,32H,10,12-13,29H2,(H2,30,38,39)(H,31,33,35)/t23-/m1/s1. The number of nitrogen functional groups attached to an aromatic ring is 1. The molecule has 0 saturated heterocycles. The fourth-order valence-corrected chi connectivity index (χ4v) is 5.82. The van der Waals surface area contributed by atoms with E-state index >= 15 is 0 Å². The topological polar surface area (TPSA) is 196 Å². The number of amides is 1. The van der Waals surface area contributed by atoms with Crippen LogP contribution in [0.4, 0.5) is 24.7 Å². The molecule has 224 valence electrons. The van der Waals surface area contributed by atoms with Crippen molar-refractivity contribution in [3.63, 3.8) is 0 Å². The van der Waals surface area contributed by atoms with Gasteiger partial charge in [-0.25, -0.2) is 31.7 Å². The van der Waals surface area contributed by atoms with Crippen LogP contribution in [0.5, 0.6) is 0 Å². The second kappa shape index (κ2) is 11.5. The molecule has 12 nitrogen and oxygen atoms in total. The lowest BCUT2D eigenvalue weighted by Gasteiger charge is -2.25. The molecule has 0 fully saturated rings. The summed E-state index contributed by atoms with van der Waals surface area (Å²) in [6.07, 6.45) is -4.14. The quantitative estimate of drug-likeness (QED) is 0.255. The Morgan fingerprint density at radius 2 is 1.76 bits per heavy atom. The van der Waals surface area contributed by atoms with Gasteiger partial charge >= 0.3 is 6.18 Å². The van der Waals surface area contributed by atoms with E-state index in [9.17, 15) is 34.8 Å². The summed E-state index contributed by atoms with van der Waals surface area (Å²) in [5.41, 5.74) is 5.00. The second-order valence-electron chi connectivity index (χ2n) is 9.16. The number of nitrogens with one attached hydrogen (secondary N) is 2. The first-order valence-electron chi connectivity index (χ1n) is 11.7. The molecule has 1 amide bonds. The third kappa shape index (κ3) is 7.35. The first-order valence-corrected chi connectivity index (χ1v) is 15.3. The minimum absolute atomic E-state index is 0.0675. The number of rotatable bonds is 9. The molecule has 1 atom stereocenters. The average molecular weight is 647 g/mol. The highest BCUT2D eigenvalue weighted by Crippen LogP contribution is 2.31. The molecule has 1 aromatic heterocycles. The summed E-state index contributed by atoms with van der Waals surface area (Å²) in [6.45, 7) is -0.910. The van der Waals surface area contributed by atoms with E-state index in [1.54, 1.807) is 10.8 Å². The number of sulfonamides is 2. The van der Waals surface area contributed by atoms with Gasteiger partial charge < -0.3 is 15.9 Å². The minimum atomic E-state index is -5.03. The Morgan fingerprint density at radius 1 is 1.07 bits per heavy atom. The Morgan fingerprint density at radius 3 is 2.38 bits per heavy atom. The predicted molar refractivity (Wildman–Crippen MR) is 148 cm³/mol. The average Bonchev–Trinajstić information content (AvgIpc) is 3.34. The molecule has 2 heterocycles. The van der Waals surface area contributed by atoms with Gasteiger partial charge in [-0.05, 0) is 30.3 Å². The van der Waals surface area contributed by atoms with Crippen LogP contribution in [0.15, 0.2) is 70.8 Å². The Kier molecular flexibility index (Phi) is 8.52. The molecule has 3 aromatic rings. The highest BCUT2D eigenvalue weighted by Gasteiger charge is 2.48. The van der Waals surface area contributed by atoms with Crippen molar-refractivity contribution < 1.29 is 39.6 Å². The van der Waals surface area contributed by atoms with Crippen molar-refractivity contribution in [3.05, 3.63) is 71.4 Å². The third-order valence-corrected chi connectivity index (χ3v) is 8.57. The van der Waals surface area contributed by atoms with Gasteiger partial charge in [0.15, 0.2) is 5.75 Å². The number of nitrogens with two attached hydrogens (primary N) is 2. The number of oxime groups is 1. The van der Waals surface area contributed by atoms with Crippen LogP contribution >= 0.6 is 11.6 Å². The SMILES string of the molecule is Nc1cc(C2=NO[C@](CNS(=O)(=O)CC(F)(F)F)(C(=O)Nc3ccc(-c4ccccc4S(N)(=O)=O)cn3)C2)ccc1Cl. The molecular formula is C24H22ClF3N6O6S2. The number of hydrogen-bond acceptors (Lipinski definition) is 9. The van der Waals surface area contributed by atoms with Crippen LogP contribution in [0.2, 0.25) is 5.02 Å². The van der Waals surface area contributed by atoms with Crippen LogP contribution in [0.1, 0.15) is 12.0 Å². The summed E-state index contributed by atoms with van der Waals surface area (Å²) in [4.78, 5) is 22.7. The molecule has 18 heteroatoms. The molecule has 1 aliphatic rings. The largest absolute Gasteiger partial charge is 0.404 e. The molecule has 0 saturated carbocycles. The van der Waals surface area contributed by atoms with Gasteiger partial charge in [0.2, 0.25) is 25.6 Å². The number of pyridine rings is 1. The van der Waals surface area contributed by atoms with Crippen molar-refractivity contribution >= 4 is 54.8 Å². The van der Waals surface area contributed by atoms with Crippen molar-refractivity contribution in [1.82, 2.24) is 9.71 Å². The summed E-state index contributed by atoms with van der Waals surface area (Å²) in [5.74, 6) is -3.23. The molecule has 1 aliphatic heterocycles. The molecule has 42 heavy (non-hydrogen) atoms. The van der Waals surface area contributed by atoms with Gasteiger partial charge in [0.1, 0.15) is 5.82 Å². The van der Waals surface area contributed by atoms with Crippen LogP contribution < -0.4 is 20.9 Å². The Balaban J connectivity index is 1.59. The number of alkyl halides is 3. The molecule has 0 aliphatic carbocycles. The summed E-state index contributed by atoms with van der Waals surface area (Å²) in [6, 6.07) is 13.1. The van der Waals surface area contributed by atoms with Crippen molar-refractivity contribution in [2.24, 2.45) is 10.3 Å². The van der Waals surface area contributed by atoms with Gasteiger partial charge in [-0.2, -0.15) is 13.2 Å². The smallest absolute Gasteiger partial charge is 0.398 e. The molecule has 0 unspecified atom stereocenters. The third-order valence-electron chi connectivity index (χ3n) is 5.97. The number of halogens is 4. The molecule has 6 N–H and O–H groups in total. The lowest BCUT2D eigenvalue weighted by Crippen LogP contribution is -2.52. The number of aromatic nitrogens is 1. The van der Waals surface area contributed by atoms with Crippen LogP contribution in [0.25, 0.3) is 11.1 Å². The van der Waals surface area contributed by atoms with Gasteiger partial charge in [0, 0.05) is 29.3 Å². The molecule has 0 spiro atoms. The molecule has 0 bridgehead atoms. The van der Waals surface area contributed by atoms with Crippen LogP contribution in [0.3, 0.4) is 0 Å². The van der Waals surface area contributed by atoms with Crippen molar-refractivity contribution in [2.75, 3.05) is 23.3 Å². The Hall–Kier alpha value is -3.77. The first-order chi connectivity index (χ1) is 19.5. The minimum Gasteiger partial charge on any atom is -0.398 e. The van der Waals surface area contributed by atoms with E-state index in [-0.39, 0.29) is 39.1 Å². The highest BCUT2D eigenvalue weighted by molar-refractivity contribution is 7.89. The molecule has 2 aromatic carbocycles. The first kappa shape index (κ1) is 31.2. The number of carbonyl (C=O) groups is 1. The number of primary sulfonamides is 1. The molecule has 4 rings (SSSR count). The molecule has 0 radical (unpaired) electrons. The summed E-state index contributed by atoms with van der Waals surface area (Å²) >= 11 is 5.95. The number of hydrogen-bond donors (Lipinski definition) is 4. The maximum absolute atomic E-state index is 13.4. The summed E-state index contributed by atoms with van der Waals surface area (Å²) < 4.78 is 88.1. The van der Waals surface area contributed by atoms with E-state index in [1.807, 2.05) is 0 Å². The fourth-order valence-electron chi connectivity index (χ4n) is 3.96. The van der Waals surface area contributed by atoms with E-state index in [2.05, 4.69) is 15.5 Å². The second-order valence-corrected chi connectivity index (χ2v) is 12.9. The maximum Gasteiger partial charge on any atom is 0.404 e. The number of nitrogens with zero attached hydrogens (tertiary/aromatic N) is 2. The van der Waals surface area contributed by atoms with E-state index in [0.29, 0.717) is 11.1 Å². The maximum atomic E-state index is 13.4. The number of benzene rings is 2. The van der Waals surface area contributed by atoms with E-state index in [1.165, 1.54) is 54.7 Å². The Bertz CT molecular complexity index is 1770. The summed E-state index contributed by atoms with van der Waals surface area (Å²) in [5, 5.41) is 11.8. The predicted octanol–water partition coefficient (Wildman–Crippen LogP) is 2.62. The lowest BCUT2D eigenvalue weighted by molar-refractivity contribution is -0.137. The number of carbonyl (C=O) groups excluding carboxylic acids is 1. The normalized spacial score (nSPS) is 17.4. The monoisotopic (exact) mass is 646 g/mol. The zero-order valence-corrected chi connectivity index (χ0v) is 23.6. The Labute approximate surface area is 243 Å². The van der Waals surface area contributed by atoms with Crippen LogP contribution in [-0.2, 0) is 29.7 Å². The molecular weight excluding hydrogens is 625 g/mol. The summed E-state index contributed by atoms with van der Waals surface area (Å²) in [7, 11) is -8.98. The lowest BCUT2D eigenvalue weighted by atomic mass is 9.93. The van der Waals surface area contributed by atoms with E-state index < -0.39 is 50.0 Å². The van der Waals surface area contributed by atoms with Crippen molar-refractivity contribution in [1.29, 1.82) is 0 Å². The van der Waals surface area contributed by atoms with Gasteiger partial charge in [0.05, 0.1) is 27.9 Å². The highest BCUT2D eigenvalue weighted by atomic mass is 35.5. The van der Waals surface area contributed by atoms with Gasteiger partial charge in [-0.3, -0.25) is 4.79 Å². The number of anilines is 2. The van der Waals surface area contributed by atoms with E-state index in [4.69, 9.17) is 27.3 Å². The van der Waals surface area contributed by atoms with Crippen LogP contribution in [0, 0.1) is 0 Å². The van der Waals surface area contributed by atoms with Crippen molar-refractivity contribution in [3.8, 4) is 11.1 Å². The van der Waals surface area contributed by atoms with Crippen molar-refractivity contribution in [2.45, 2.75) is 23.1 Å². The zero-order valence-electron chi connectivity index (χ0n) is 21.2. The van der Waals surface area contributed by atoms with E-state index in [0.717, 1.165) is 0 Å². The van der Waals surface area contributed by atoms with Gasteiger partial charge in [0.25, 0.3) is 5.91 Å². The van der Waals surface area contributed by atoms with Gasteiger partial charge in [-0.1, -0.05) is 41.0 Å². The van der Waals surface area contributed by atoms with Gasteiger partial charge in [-0.15, -0.1) is 0 Å². The van der Waals surface area contributed by atoms with Crippen LogP contribution in [-0.4, -0.2) is 57.5 Å². The fraction of sp³-hybridized carbons (Fsp3) is 0.208.